The zero-order valence-corrected chi connectivity index (χ0v) is 10.8. The Morgan fingerprint density at radius 2 is 2.00 bits per heavy atom. The molecular formula is C12H10BrNOS. The number of aliphatic hydroxyl groups excluding tert-OH is 1. The molecule has 0 amide bonds. The Morgan fingerprint density at radius 3 is 2.62 bits per heavy atom. The van der Waals surface area contributed by atoms with Crippen molar-refractivity contribution < 1.29 is 5.11 Å². The smallest absolute Gasteiger partial charge is 0.101 e. The highest BCUT2D eigenvalue weighted by atomic mass is 79.9. The average molecular weight is 296 g/mol. The number of hydrogen-bond acceptors (Lipinski definition) is 3. The van der Waals surface area contributed by atoms with Gasteiger partial charge >= 0.3 is 0 Å². The van der Waals surface area contributed by atoms with Crippen LogP contribution in [0.2, 0.25) is 0 Å². The van der Waals surface area contributed by atoms with E-state index in [1.165, 1.54) is 0 Å². The van der Waals surface area contributed by atoms with E-state index in [9.17, 15) is 0 Å². The van der Waals surface area contributed by atoms with Gasteiger partial charge in [0.25, 0.3) is 0 Å². The van der Waals surface area contributed by atoms with Crippen LogP contribution in [0.3, 0.4) is 0 Å². The Labute approximate surface area is 107 Å². The number of pyridine rings is 1. The van der Waals surface area contributed by atoms with Crippen molar-refractivity contribution in [3.63, 3.8) is 0 Å². The second-order valence-corrected chi connectivity index (χ2v) is 5.11. The lowest BCUT2D eigenvalue weighted by molar-refractivity contribution is 0.281. The van der Waals surface area contributed by atoms with Crippen LogP contribution in [0.5, 0.6) is 0 Å². The van der Waals surface area contributed by atoms with Gasteiger partial charge in [0.05, 0.1) is 6.61 Å². The minimum absolute atomic E-state index is 0.0347. The van der Waals surface area contributed by atoms with Gasteiger partial charge in [-0.25, -0.2) is 4.98 Å². The summed E-state index contributed by atoms with van der Waals surface area (Å²) in [6.07, 6.45) is 1.69. The molecule has 16 heavy (non-hydrogen) atoms. The molecule has 0 atom stereocenters. The maximum absolute atomic E-state index is 8.91. The molecule has 0 saturated carbocycles. The van der Waals surface area contributed by atoms with Gasteiger partial charge in [0.15, 0.2) is 0 Å². The molecule has 82 valence electrons. The molecule has 0 spiro atoms. The van der Waals surface area contributed by atoms with Crippen molar-refractivity contribution in [3.8, 4) is 0 Å². The van der Waals surface area contributed by atoms with Crippen LogP contribution in [0, 0.1) is 0 Å². The Hall–Kier alpha value is -0.840. The van der Waals surface area contributed by atoms with Gasteiger partial charge in [-0.1, -0.05) is 30.0 Å². The summed E-state index contributed by atoms with van der Waals surface area (Å²) >= 11 is 5.09. The lowest BCUT2D eigenvalue weighted by Crippen LogP contribution is -1.86. The third-order valence-corrected chi connectivity index (χ3v) is 4.01. The van der Waals surface area contributed by atoms with E-state index in [1.54, 1.807) is 18.0 Å². The fraction of sp³-hybridized carbons (Fsp3) is 0.0833. The Bertz CT molecular complexity index is 473. The highest BCUT2D eigenvalue weighted by molar-refractivity contribution is 9.10. The minimum atomic E-state index is 0.0347. The van der Waals surface area contributed by atoms with Gasteiger partial charge in [-0.3, -0.25) is 0 Å². The summed E-state index contributed by atoms with van der Waals surface area (Å²) in [7, 11) is 0. The van der Waals surface area contributed by atoms with Crippen LogP contribution in [-0.4, -0.2) is 10.1 Å². The van der Waals surface area contributed by atoms with E-state index in [0.717, 1.165) is 20.0 Å². The zero-order valence-electron chi connectivity index (χ0n) is 8.43. The van der Waals surface area contributed by atoms with Crippen LogP contribution in [-0.2, 0) is 6.61 Å². The topological polar surface area (TPSA) is 33.1 Å². The molecule has 0 unspecified atom stereocenters. The number of benzene rings is 1. The first-order chi connectivity index (χ1) is 7.79. The quantitative estimate of drug-likeness (QED) is 0.941. The maximum atomic E-state index is 8.91. The molecule has 1 aromatic carbocycles. The summed E-state index contributed by atoms with van der Waals surface area (Å²) < 4.78 is 1.06. The van der Waals surface area contributed by atoms with Crippen LogP contribution in [0.4, 0.5) is 0 Å². The summed E-state index contributed by atoms with van der Waals surface area (Å²) in [5.74, 6) is 0. The molecule has 0 fully saturated rings. The average Bonchev–Trinajstić information content (AvgIpc) is 2.33. The van der Waals surface area contributed by atoms with Crippen LogP contribution in [0.25, 0.3) is 0 Å². The van der Waals surface area contributed by atoms with E-state index in [1.807, 2.05) is 36.4 Å². The first kappa shape index (κ1) is 11.6. The molecule has 2 aromatic rings. The van der Waals surface area contributed by atoms with Crippen molar-refractivity contribution in [2.24, 2.45) is 0 Å². The van der Waals surface area contributed by atoms with Crippen molar-refractivity contribution in [1.82, 2.24) is 4.98 Å². The first-order valence-corrected chi connectivity index (χ1v) is 6.39. The molecule has 0 bridgehead atoms. The molecule has 0 aliphatic carbocycles. The van der Waals surface area contributed by atoms with E-state index in [-0.39, 0.29) is 6.61 Å². The van der Waals surface area contributed by atoms with E-state index >= 15 is 0 Å². The molecule has 2 nitrogen and oxygen atoms in total. The van der Waals surface area contributed by atoms with Crippen LogP contribution >= 0.6 is 27.7 Å². The fourth-order valence-electron chi connectivity index (χ4n) is 1.20. The number of hydrogen-bond donors (Lipinski definition) is 1. The normalized spacial score (nSPS) is 10.4. The van der Waals surface area contributed by atoms with Gasteiger partial charge in [-0.05, 0) is 39.7 Å². The van der Waals surface area contributed by atoms with Crippen molar-refractivity contribution in [3.05, 3.63) is 52.6 Å². The molecule has 0 aliphatic heterocycles. The zero-order chi connectivity index (χ0) is 11.4. The summed E-state index contributed by atoms with van der Waals surface area (Å²) in [6, 6.07) is 11.8. The third-order valence-electron chi connectivity index (χ3n) is 2.03. The lowest BCUT2D eigenvalue weighted by atomic mass is 10.3. The van der Waals surface area contributed by atoms with Crippen LogP contribution in [0.1, 0.15) is 5.56 Å². The monoisotopic (exact) mass is 295 g/mol. The summed E-state index contributed by atoms with van der Waals surface area (Å²) in [5, 5.41) is 9.83. The molecular weight excluding hydrogens is 286 g/mol. The van der Waals surface area contributed by atoms with Crippen molar-refractivity contribution in [2.45, 2.75) is 16.5 Å². The summed E-state index contributed by atoms with van der Waals surface area (Å²) in [6.45, 7) is 0.0347. The lowest BCUT2D eigenvalue weighted by Gasteiger charge is -2.03. The largest absolute Gasteiger partial charge is 0.392 e. The summed E-state index contributed by atoms with van der Waals surface area (Å²) in [4.78, 5) is 5.40. The van der Waals surface area contributed by atoms with Gasteiger partial charge in [-0.2, -0.15) is 0 Å². The van der Waals surface area contributed by atoms with E-state index in [0.29, 0.717) is 0 Å². The molecule has 4 heteroatoms. The highest BCUT2D eigenvalue weighted by Crippen LogP contribution is 2.31. The SMILES string of the molecule is OCc1ccc(Sc2ccccc2Br)nc1. The van der Waals surface area contributed by atoms with E-state index < -0.39 is 0 Å². The second kappa shape index (κ2) is 5.48. The standard InChI is InChI=1S/C12H10BrNOS/c13-10-3-1-2-4-11(10)16-12-6-5-9(8-15)7-14-12/h1-7,15H,8H2. The van der Waals surface area contributed by atoms with Gasteiger partial charge in [-0.15, -0.1) is 0 Å². The maximum Gasteiger partial charge on any atom is 0.101 e. The van der Waals surface area contributed by atoms with Crippen molar-refractivity contribution in [1.29, 1.82) is 0 Å². The Balaban J connectivity index is 2.18. The van der Waals surface area contributed by atoms with Crippen LogP contribution in [0.15, 0.2) is 57.0 Å². The summed E-state index contributed by atoms with van der Waals surface area (Å²) in [5.41, 5.74) is 0.830. The molecule has 1 aromatic heterocycles. The number of aromatic nitrogens is 1. The van der Waals surface area contributed by atoms with Gasteiger partial charge in [0, 0.05) is 15.6 Å². The molecule has 0 aliphatic rings. The fourth-order valence-corrected chi connectivity index (χ4v) is 2.51. The molecule has 1 heterocycles. The van der Waals surface area contributed by atoms with E-state index in [4.69, 9.17) is 5.11 Å². The van der Waals surface area contributed by atoms with Gasteiger partial charge in [0.1, 0.15) is 5.03 Å². The molecule has 2 rings (SSSR count). The number of rotatable bonds is 3. The second-order valence-electron chi connectivity index (χ2n) is 3.20. The minimum Gasteiger partial charge on any atom is -0.392 e. The predicted molar refractivity (Wildman–Crippen MR) is 68.4 cm³/mol. The van der Waals surface area contributed by atoms with Crippen molar-refractivity contribution in [2.75, 3.05) is 0 Å². The van der Waals surface area contributed by atoms with Gasteiger partial charge < -0.3 is 5.11 Å². The number of nitrogens with zero attached hydrogens (tertiary/aromatic N) is 1. The number of aliphatic hydroxyl groups is 1. The highest BCUT2D eigenvalue weighted by Gasteiger charge is 2.02. The first-order valence-electron chi connectivity index (χ1n) is 4.78. The van der Waals surface area contributed by atoms with Gasteiger partial charge in [0.2, 0.25) is 0 Å². The number of halogens is 1. The Kier molecular flexibility index (Phi) is 3.98. The van der Waals surface area contributed by atoms with Crippen molar-refractivity contribution >= 4 is 27.7 Å². The Morgan fingerprint density at radius 1 is 1.19 bits per heavy atom. The molecule has 0 radical (unpaired) electrons. The van der Waals surface area contributed by atoms with E-state index in [2.05, 4.69) is 20.9 Å². The predicted octanol–water partition coefficient (Wildman–Crippen LogP) is 3.49. The van der Waals surface area contributed by atoms with Crippen LogP contribution < -0.4 is 0 Å². The third kappa shape index (κ3) is 2.84. The molecule has 0 saturated heterocycles. The molecule has 1 N–H and O–H groups in total.